The second-order valence-corrected chi connectivity index (χ2v) is 5.11. The summed E-state index contributed by atoms with van der Waals surface area (Å²) in [6.07, 6.45) is 1.03. The zero-order valence-corrected chi connectivity index (χ0v) is 11.5. The van der Waals surface area contributed by atoms with Gasteiger partial charge in [-0.05, 0) is 31.0 Å². The van der Waals surface area contributed by atoms with Crippen LogP contribution in [0.4, 0.5) is 0 Å². The van der Waals surface area contributed by atoms with E-state index in [1.807, 2.05) is 12.1 Å². The standard InChI is InChI=1S/C15H21NO3/c1-11-7-8-16(13(11)10-17)9-14(18)12-5-3-4-6-15(12)19-2/h3-6,11,13,17H,7-10H2,1-2H3. The minimum atomic E-state index is 0.0463. The maximum Gasteiger partial charge on any atom is 0.180 e. The molecule has 0 bridgehead atoms. The number of aliphatic hydroxyl groups is 1. The van der Waals surface area contributed by atoms with Crippen LogP contribution >= 0.6 is 0 Å². The van der Waals surface area contributed by atoms with Gasteiger partial charge in [0, 0.05) is 6.04 Å². The molecule has 1 aliphatic rings. The van der Waals surface area contributed by atoms with Crippen LogP contribution in [0.15, 0.2) is 24.3 Å². The predicted octanol–water partition coefficient (Wildman–Crippen LogP) is 1.58. The highest BCUT2D eigenvalue weighted by molar-refractivity contribution is 6.00. The molecular weight excluding hydrogens is 242 g/mol. The van der Waals surface area contributed by atoms with Crippen LogP contribution in [0.25, 0.3) is 0 Å². The topological polar surface area (TPSA) is 49.8 Å². The van der Waals surface area contributed by atoms with Crippen molar-refractivity contribution >= 4 is 5.78 Å². The van der Waals surface area contributed by atoms with Gasteiger partial charge in [-0.2, -0.15) is 0 Å². The van der Waals surface area contributed by atoms with E-state index in [1.54, 1.807) is 19.2 Å². The molecule has 2 atom stereocenters. The Hall–Kier alpha value is -1.39. The van der Waals surface area contributed by atoms with Gasteiger partial charge in [-0.3, -0.25) is 9.69 Å². The SMILES string of the molecule is COc1ccccc1C(=O)CN1CCC(C)C1CO. The molecule has 104 valence electrons. The lowest BCUT2D eigenvalue weighted by Gasteiger charge is -2.24. The monoisotopic (exact) mass is 263 g/mol. The summed E-state index contributed by atoms with van der Waals surface area (Å²) in [5.41, 5.74) is 0.612. The molecule has 2 rings (SSSR count). The zero-order chi connectivity index (χ0) is 13.8. The number of aliphatic hydroxyl groups excluding tert-OH is 1. The Morgan fingerprint density at radius 2 is 2.21 bits per heavy atom. The Balaban J connectivity index is 2.09. The summed E-state index contributed by atoms with van der Waals surface area (Å²) in [7, 11) is 1.57. The first kappa shape index (κ1) is 14.0. The number of ether oxygens (including phenoxy) is 1. The van der Waals surface area contributed by atoms with Gasteiger partial charge in [0.25, 0.3) is 0 Å². The van der Waals surface area contributed by atoms with Crippen molar-refractivity contribution in [1.82, 2.24) is 4.90 Å². The Kier molecular flexibility index (Phi) is 4.56. The molecule has 1 saturated heterocycles. The van der Waals surface area contributed by atoms with Crippen LogP contribution in [0.5, 0.6) is 5.75 Å². The number of carbonyl (C=O) groups excluding carboxylic acids is 1. The van der Waals surface area contributed by atoms with Gasteiger partial charge in [-0.25, -0.2) is 0 Å². The second kappa shape index (κ2) is 6.17. The number of hydrogen-bond donors (Lipinski definition) is 1. The molecule has 0 aliphatic carbocycles. The largest absolute Gasteiger partial charge is 0.496 e. The molecule has 0 amide bonds. The van der Waals surface area contributed by atoms with Crippen LogP contribution in [-0.2, 0) is 0 Å². The second-order valence-electron chi connectivity index (χ2n) is 5.11. The number of ketones is 1. The minimum Gasteiger partial charge on any atom is -0.496 e. The van der Waals surface area contributed by atoms with Gasteiger partial charge in [-0.15, -0.1) is 0 Å². The lowest BCUT2D eigenvalue weighted by atomic mass is 10.0. The highest BCUT2D eigenvalue weighted by Gasteiger charge is 2.32. The predicted molar refractivity (Wildman–Crippen MR) is 73.6 cm³/mol. The molecule has 0 spiro atoms. The number of nitrogens with zero attached hydrogens (tertiary/aromatic N) is 1. The summed E-state index contributed by atoms with van der Waals surface area (Å²) in [5, 5.41) is 9.41. The van der Waals surface area contributed by atoms with Crippen molar-refractivity contribution in [1.29, 1.82) is 0 Å². The van der Waals surface area contributed by atoms with E-state index < -0.39 is 0 Å². The fourth-order valence-electron chi connectivity index (χ4n) is 2.72. The number of hydrogen-bond acceptors (Lipinski definition) is 4. The molecule has 1 heterocycles. The molecule has 1 aromatic carbocycles. The number of Topliss-reactive ketones (excluding diaryl/α,β-unsaturated/α-hetero) is 1. The van der Waals surface area contributed by atoms with E-state index in [1.165, 1.54) is 0 Å². The van der Waals surface area contributed by atoms with Crippen LogP contribution in [0, 0.1) is 5.92 Å². The van der Waals surface area contributed by atoms with Crippen LogP contribution in [0.2, 0.25) is 0 Å². The third-order valence-corrected chi connectivity index (χ3v) is 3.94. The van der Waals surface area contributed by atoms with Crippen molar-refractivity contribution in [2.45, 2.75) is 19.4 Å². The van der Waals surface area contributed by atoms with E-state index in [4.69, 9.17) is 4.74 Å². The van der Waals surface area contributed by atoms with E-state index in [-0.39, 0.29) is 18.4 Å². The maximum atomic E-state index is 12.3. The Morgan fingerprint density at radius 3 is 2.89 bits per heavy atom. The number of carbonyl (C=O) groups is 1. The van der Waals surface area contributed by atoms with Crippen molar-refractivity contribution in [2.24, 2.45) is 5.92 Å². The molecule has 0 aromatic heterocycles. The first-order valence-electron chi connectivity index (χ1n) is 6.68. The highest BCUT2D eigenvalue weighted by Crippen LogP contribution is 2.25. The first-order chi connectivity index (χ1) is 9.17. The van der Waals surface area contributed by atoms with Crippen molar-refractivity contribution in [3.63, 3.8) is 0 Å². The Bertz CT molecular complexity index is 447. The number of para-hydroxylation sites is 1. The number of likely N-dealkylation sites (tertiary alicyclic amines) is 1. The van der Waals surface area contributed by atoms with Crippen LogP contribution in [-0.4, -0.2) is 48.6 Å². The van der Waals surface area contributed by atoms with Crippen molar-refractivity contribution in [3.05, 3.63) is 29.8 Å². The fraction of sp³-hybridized carbons (Fsp3) is 0.533. The molecule has 1 aliphatic heterocycles. The van der Waals surface area contributed by atoms with E-state index >= 15 is 0 Å². The summed E-state index contributed by atoms with van der Waals surface area (Å²) in [5.74, 6) is 1.10. The number of benzene rings is 1. The Morgan fingerprint density at radius 1 is 1.47 bits per heavy atom. The highest BCUT2D eigenvalue weighted by atomic mass is 16.5. The fourth-order valence-corrected chi connectivity index (χ4v) is 2.72. The summed E-state index contributed by atoms with van der Waals surface area (Å²) in [4.78, 5) is 14.4. The van der Waals surface area contributed by atoms with E-state index in [9.17, 15) is 9.90 Å². The maximum absolute atomic E-state index is 12.3. The molecule has 4 heteroatoms. The number of rotatable bonds is 5. The third kappa shape index (κ3) is 2.96. The number of methoxy groups -OCH3 is 1. The molecule has 0 saturated carbocycles. The Labute approximate surface area is 114 Å². The summed E-state index contributed by atoms with van der Waals surface area (Å²) in [6.45, 7) is 3.44. The van der Waals surface area contributed by atoms with Crippen molar-refractivity contribution < 1.29 is 14.6 Å². The van der Waals surface area contributed by atoms with E-state index in [2.05, 4.69) is 11.8 Å². The quantitative estimate of drug-likeness (QED) is 0.819. The van der Waals surface area contributed by atoms with Gasteiger partial charge < -0.3 is 9.84 Å². The summed E-state index contributed by atoms with van der Waals surface area (Å²) >= 11 is 0. The van der Waals surface area contributed by atoms with Gasteiger partial charge in [0.1, 0.15) is 5.75 Å². The van der Waals surface area contributed by atoms with E-state index in [0.717, 1.165) is 13.0 Å². The van der Waals surface area contributed by atoms with E-state index in [0.29, 0.717) is 23.8 Å². The van der Waals surface area contributed by atoms with Crippen LogP contribution in [0.3, 0.4) is 0 Å². The zero-order valence-electron chi connectivity index (χ0n) is 11.5. The van der Waals surface area contributed by atoms with Crippen molar-refractivity contribution in [3.8, 4) is 5.75 Å². The van der Waals surface area contributed by atoms with Gasteiger partial charge in [0.05, 0.1) is 25.8 Å². The van der Waals surface area contributed by atoms with Crippen LogP contribution in [0.1, 0.15) is 23.7 Å². The van der Waals surface area contributed by atoms with Gasteiger partial charge in [0.2, 0.25) is 0 Å². The van der Waals surface area contributed by atoms with Gasteiger partial charge >= 0.3 is 0 Å². The first-order valence-corrected chi connectivity index (χ1v) is 6.68. The molecule has 1 aromatic rings. The molecule has 1 N–H and O–H groups in total. The average Bonchev–Trinajstić information content (AvgIpc) is 2.78. The lowest BCUT2D eigenvalue weighted by molar-refractivity contribution is 0.0863. The molecule has 0 radical (unpaired) electrons. The minimum absolute atomic E-state index is 0.0463. The molecule has 19 heavy (non-hydrogen) atoms. The summed E-state index contributed by atoms with van der Waals surface area (Å²) in [6, 6.07) is 7.37. The van der Waals surface area contributed by atoms with Crippen LogP contribution < -0.4 is 4.74 Å². The van der Waals surface area contributed by atoms with Gasteiger partial charge in [-0.1, -0.05) is 19.1 Å². The third-order valence-electron chi connectivity index (χ3n) is 3.94. The smallest absolute Gasteiger partial charge is 0.180 e. The molecule has 1 fully saturated rings. The summed E-state index contributed by atoms with van der Waals surface area (Å²) < 4.78 is 5.22. The van der Waals surface area contributed by atoms with Gasteiger partial charge in [0.15, 0.2) is 5.78 Å². The molecule has 2 unspecified atom stereocenters. The molecule has 4 nitrogen and oxygen atoms in total. The van der Waals surface area contributed by atoms with Crippen molar-refractivity contribution in [2.75, 3.05) is 26.8 Å². The normalized spacial score (nSPS) is 23.5. The lowest BCUT2D eigenvalue weighted by Crippen LogP contribution is -2.38. The molecular formula is C15H21NO3. The average molecular weight is 263 g/mol.